The molecule has 1 heterocycles. The van der Waals surface area contributed by atoms with Gasteiger partial charge in [-0.1, -0.05) is 11.6 Å². The Labute approximate surface area is 140 Å². The highest BCUT2D eigenvalue weighted by atomic mass is 35.5. The zero-order valence-corrected chi connectivity index (χ0v) is 13.2. The highest BCUT2D eigenvalue weighted by Crippen LogP contribution is 2.32. The molecule has 0 aliphatic carbocycles. The first-order chi connectivity index (χ1) is 11.2. The maximum atomic E-state index is 12.8. The number of aliphatic carboxylic acids is 1. The van der Waals surface area contributed by atoms with Crippen molar-refractivity contribution in [2.24, 2.45) is 5.92 Å². The molecule has 2 atom stereocenters. The number of benzene rings is 1. The van der Waals surface area contributed by atoms with E-state index in [0.717, 1.165) is 6.07 Å². The van der Waals surface area contributed by atoms with Crippen LogP contribution in [-0.2, 0) is 15.7 Å². The maximum absolute atomic E-state index is 12.8. The minimum absolute atomic E-state index is 0.167. The van der Waals surface area contributed by atoms with Crippen LogP contribution in [0.25, 0.3) is 0 Å². The number of hydrogen-bond acceptors (Lipinski definition) is 3. The van der Waals surface area contributed by atoms with E-state index in [9.17, 15) is 27.9 Å². The first-order valence-electron chi connectivity index (χ1n) is 7.17. The van der Waals surface area contributed by atoms with Crippen molar-refractivity contribution in [2.45, 2.75) is 25.1 Å². The van der Waals surface area contributed by atoms with E-state index in [-0.39, 0.29) is 17.2 Å². The normalized spacial score (nSPS) is 19.6. The van der Waals surface area contributed by atoms with Crippen LogP contribution < -0.4 is 5.32 Å². The van der Waals surface area contributed by atoms with Crippen molar-refractivity contribution in [3.8, 4) is 0 Å². The van der Waals surface area contributed by atoms with Crippen molar-refractivity contribution in [3.05, 3.63) is 34.3 Å². The molecule has 0 saturated carbocycles. The van der Waals surface area contributed by atoms with Crippen LogP contribution in [0.2, 0.25) is 5.02 Å². The molecular formula is C15H15ClF3NO4. The van der Waals surface area contributed by atoms with Crippen molar-refractivity contribution in [3.63, 3.8) is 0 Å². The molecule has 1 aliphatic heterocycles. The maximum Gasteiger partial charge on any atom is 0.416 e. The lowest BCUT2D eigenvalue weighted by atomic mass is 9.93. The molecule has 24 heavy (non-hydrogen) atoms. The van der Waals surface area contributed by atoms with Crippen molar-refractivity contribution in [2.75, 3.05) is 13.2 Å². The van der Waals surface area contributed by atoms with Gasteiger partial charge in [-0.05, 0) is 31.0 Å². The predicted octanol–water partition coefficient (Wildman–Crippen LogP) is 2.97. The largest absolute Gasteiger partial charge is 0.480 e. The van der Waals surface area contributed by atoms with E-state index < -0.39 is 35.6 Å². The van der Waals surface area contributed by atoms with Gasteiger partial charge in [0.2, 0.25) is 0 Å². The first-order valence-corrected chi connectivity index (χ1v) is 7.55. The van der Waals surface area contributed by atoms with Gasteiger partial charge < -0.3 is 15.2 Å². The Morgan fingerprint density at radius 3 is 2.58 bits per heavy atom. The minimum atomic E-state index is -4.66. The fraction of sp³-hybridized carbons (Fsp3) is 0.467. The molecule has 2 unspecified atom stereocenters. The van der Waals surface area contributed by atoms with Crippen LogP contribution in [-0.4, -0.2) is 36.2 Å². The Hall–Kier alpha value is -1.80. The van der Waals surface area contributed by atoms with Crippen molar-refractivity contribution in [1.82, 2.24) is 5.32 Å². The fourth-order valence-corrected chi connectivity index (χ4v) is 2.75. The van der Waals surface area contributed by atoms with Crippen LogP contribution >= 0.6 is 11.6 Å². The number of amides is 1. The summed E-state index contributed by atoms with van der Waals surface area (Å²) in [7, 11) is 0. The van der Waals surface area contributed by atoms with Gasteiger partial charge in [-0.25, -0.2) is 4.79 Å². The molecule has 1 aromatic rings. The SMILES string of the molecule is O=C(NC(C(=O)O)C1CCCOC1)c1cc(Cl)cc(C(F)(F)F)c1. The van der Waals surface area contributed by atoms with Crippen LogP contribution in [0.4, 0.5) is 13.2 Å². The Morgan fingerprint density at radius 2 is 2.04 bits per heavy atom. The van der Waals surface area contributed by atoms with Gasteiger partial charge in [0, 0.05) is 23.1 Å². The summed E-state index contributed by atoms with van der Waals surface area (Å²) in [5, 5.41) is 11.3. The van der Waals surface area contributed by atoms with Crippen LogP contribution in [0.1, 0.15) is 28.8 Å². The number of nitrogens with one attached hydrogen (secondary N) is 1. The van der Waals surface area contributed by atoms with Gasteiger partial charge in [0.15, 0.2) is 0 Å². The number of carboxylic acids is 1. The van der Waals surface area contributed by atoms with Crippen LogP contribution in [0.5, 0.6) is 0 Å². The molecule has 132 valence electrons. The highest BCUT2D eigenvalue weighted by Gasteiger charge is 2.34. The molecule has 0 radical (unpaired) electrons. The van der Waals surface area contributed by atoms with E-state index in [4.69, 9.17) is 16.3 Å². The molecule has 2 N–H and O–H groups in total. The Kier molecular flexibility index (Phi) is 5.71. The number of carboxylic acid groups (broad SMARTS) is 1. The quantitative estimate of drug-likeness (QED) is 0.860. The first kappa shape index (κ1) is 18.5. The molecule has 0 spiro atoms. The van der Waals surface area contributed by atoms with Gasteiger partial charge in [-0.3, -0.25) is 4.79 Å². The van der Waals surface area contributed by atoms with E-state index in [1.54, 1.807) is 0 Å². The van der Waals surface area contributed by atoms with Gasteiger partial charge in [0.1, 0.15) is 6.04 Å². The summed E-state index contributed by atoms with van der Waals surface area (Å²) in [6, 6.07) is 1.15. The fourth-order valence-electron chi connectivity index (χ4n) is 2.52. The third-order valence-corrected chi connectivity index (χ3v) is 3.93. The van der Waals surface area contributed by atoms with Gasteiger partial charge >= 0.3 is 12.1 Å². The van der Waals surface area contributed by atoms with Gasteiger partial charge in [-0.15, -0.1) is 0 Å². The number of alkyl halides is 3. The van der Waals surface area contributed by atoms with E-state index in [2.05, 4.69) is 5.32 Å². The van der Waals surface area contributed by atoms with Crippen molar-refractivity contribution < 1.29 is 32.6 Å². The van der Waals surface area contributed by atoms with Gasteiger partial charge in [-0.2, -0.15) is 13.2 Å². The molecule has 0 bridgehead atoms. The number of hydrogen-bond donors (Lipinski definition) is 2. The summed E-state index contributed by atoms with van der Waals surface area (Å²) in [6.07, 6.45) is -3.47. The van der Waals surface area contributed by atoms with Crippen molar-refractivity contribution >= 4 is 23.5 Å². The zero-order valence-electron chi connectivity index (χ0n) is 12.4. The second-order valence-electron chi connectivity index (χ2n) is 5.49. The number of ether oxygens (including phenoxy) is 1. The standard InChI is InChI=1S/C15H15ClF3NO4/c16-11-5-9(4-10(6-11)15(17,18)19)13(21)20-12(14(22)23)8-2-1-3-24-7-8/h4-6,8,12H,1-3,7H2,(H,20,21)(H,22,23). The Morgan fingerprint density at radius 1 is 1.33 bits per heavy atom. The summed E-state index contributed by atoms with van der Waals surface area (Å²) in [4.78, 5) is 23.6. The van der Waals surface area contributed by atoms with E-state index in [0.29, 0.717) is 31.6 Å². The Bertz CT molecular complexity index is 630. The second-order valence-corrected chi connectivity index (χ2v) is 5.93. The summed E-state index contributed by atoms with van der Waals surface area (Å²) >= 11 is 5.63. The monoisotopic (exact) mass is 365 g/mol. The average Bonchev–Trinajstić information content (AvgIpc) is 2.51. The van der Waals surface area contributed by atoms with Crippen LogP contribution in [0, 0.1) is 5.92 Å². The average molecular weight is 366 g/mol. The highest BCUT2D eigenvalue weighted by molar-refractivity contribution is 6.31. The third kappa shape index (κ3) is 4.61. The molecule has 1 aliphatic rings. The van der Waals surface area contributed by atoms with Crippen LogP contribution in [0.15, 0.2) is 18.2 Å². The number of carbonyl (C=O) groups excluding carboxylic acids is 1. The number of carbonyl (C=O) groups is 2. The summed E-state index contributed by atoms with van der Waals surface area (Å²) < 4.78 is 43.6. The minimum Gasteiger partial charge on any atom is -0.480 e. The molecule has 1 aromatic carbocycles. The molecule has 2 rings (SSSR count). The smallest absolute Gasteiger partial charge is 0.416 e. The van der Waals surface area contributed by atoms with Gasteiger partial charge in [0.25, 0.3) is 5.91 Å². The molecule has 0 aromatic heterocycles. The third-order valence-electron chi connectivity index (χ3n) is 3.71. The van der Waals surface area contributed by atoms with E-state index >= 15 is 0 Å². The lowest BCUT2D eigenvalue weighted by Gasteiger charge is -2.28. The second kappa shape index (κ2) is 7.40. The molecule has 5 nitrogen and oxygen atoms in total. The summed E-state index contributed by atoms with van der Waals surface area (Å²) in [5.74, 6) is -2.64. The van der Waals surface area contributed by atoms with Crippen LogP contribution in [0.3, 0.4) is 0 Å². The summed E-state index contributed by atoms with van der Waals surface area (Å²) in [5.41, 5.74) is -1.43. The number of halogens is 4. The molecule has 1 amide bonds. The molecule has 1 fully saturated rings. The molecule has 1 saturated heterocycles. The van der Waals surface area contributed by atoms with E-state index in [1.165, 1.54) is 0 Å². The molecule has 9 heteroatoms. The predicted molar refractivity (Wildman–Crippen MR) is 78.9 cm³/mol. The zero-order chi connectivity index (χ0) is 17.9. The lowest BCUT2D eigenvalue weighted by molar-refractivity contribution is -0.142. The Balaban J connectivity index is 2.21. The molecular weight excluding hydrogens is 351 g/mol. The van der Waals surface area contributed by atoms with Gasteiger partial charge in [0.05, 0.1) is 12.2 Å². The lowest BCUT2D eigenvalue weighted by Crippen LogP contribution is -2.48. The van der Waals surface area contributed by atoms with Crippen molar-refractivity contribution in [1.29, 1.82) is 0 Å². The summed E-state index contributed by atoms with van der Waals surface area (Å²) in [6.45, 7) is 0.681. The number of rotatable bonds is 4. The topological polar surface area (TPSA) is 75.6 Å². The van der Waals surface area contributed by atoms with E-state index in [1.807, 2.05) is 0 Å².